The van der Waals surface area contributed by atoms with Gasteiger partial charge in [-0.05, 0) is 37.3 Å². The van der Waals surface area contributed by atoms with Gasteiger partial charge in [-0.1, -0.05) is 11.8 Å². The fraction of sp³-hybridized carbons (Fsp3) is 0.176. The van der Waals surface area contributed by atoms with E-state index in [0.29, 0.717) is 28.2 Å². The third-order valence-corrected chi connectivity index (χ3v) is 4.13. The molecule has 2 amide bonds. The molecule has 0 atom stereocenters. The van der Waals surface area contributed by atoms with Crippen molar-refractivity contribution in [2.45, 2.75) is 19.1 Å². The van der Waals surface area contributed by atoms with Crippen molar-refractivity contribution in [2.24, 2.45) is 0 Å². The molecule has 26 heavy (non-hydrogen) atoms. The fourth-order valence-electron chi connectivity index (χ4n) is 2.15. The molecule has 0 fully saturated rings. The highest BCUT2D eigenvalue weighted by Gasteiger charge is 2.14. The Morgan fingerprint density at radius 1 is 1.08 bits per heavy atom. The van der Waals surface area contributed by atoms with Gasteiger partial charge in [0.05, 0.1) is 17.6 Å². The largest absolute Gasteiger partial charge is 0.469 e. The molecule has 0 saturated heterocycles. The summed E-state index contributed by atoms with van der Waals surface area (Å²) in [7, 11) is 0. The summed E-state index contributed by atoms with van der Waals surface area (Å²) in [4.78, 5) is 23.0. The van der Waals surface area contributed by atoms with Crippen molar-refractivity contribution in [2.75, 3.05) is 16.4 Å². The van der Waals surface area contributed by atoms with Gasteiger partial charge in [-0.15, -0.1) is 10.2 Å². The molecule has 0 spiro atoms. The first-order chi connectivity index (χ1) is 12.5. The molecule has 0 aliphatic heterocycles. The van der Waals surface area contributed by atoms with Crippen molar-refractivity contribution in [1.29, 1.82) is 0 Å². The van der Waals surface area contributed by atoms with E-state index in [9.17, 15) is 9.59 Å². The standard InChI is InChI=1S/C17H16N4O4S/c1-10-14(7-8-24-10)16-20-21-17(25-16)26-9-15(23)19-13-5-3-12(4-6-13)18-11(2)22/h3-8H,9H2,1-2H3,(H,18,22)(H,19,23). The zero-order valence-electron chi connectivity index (χ0n) is 14.1. The average Bonchev–Trinajstić information content (AvgIpc) is 3.23. The van der Waals surface area contributed by atoms with Crippen LogP contribution >= 0.6 is 11.8 Å². The summed E-state index contributed by atoms with van der Waals surface area (Å²) in [5.74, 6) is 0.807. The molecule has 1 aromatic carbocycles. The predicted molar refractivity (Wildman–Crippen MR) is 96.8 cm³/mol. The van der Waals surface area contributed by atoms with Crippen molar-refractivity contribution in [3.8, 4) is 11.5 Å². The molecular formula is C17H16N4O4S. The number of hydrogen-bond donors (Lipinski definition) is 2. The van der Waals surface area contributed by atoms with Crippen LogP contribution in [-0.4, -0.2) is 27.8 Å². The van der Waals surface area contributed by atoms with Crippen LogP contribution in [0.5, 0.6) is 0 Å². The van der Waals surface area contributed by atoms with E-state index in [1.54, 1.807) is 43.5 Å². The third kappa shape index (κ3) is 4.51. The van der Waals surface area contributed by atoms with Crippen molar-refractivity contribution >= 4 is 35.0 Å². The Morgan fingerprint density at radius 2 is 1.77 bits per heavy atom. The minimum Gasteiger partial charge on any atom is -0.469 e. The minimum absolute atomic E-state index is 0.124. The number of amides is 2. The van der Waals surface area contributed by atoms with E-state index in [4.69, 9.17) is 8.83 Å². The number of aryl methyl sites for hydroxylation is 1. The molecule has 0 radical (unpaired) electrons. The van der Waals surface area contributed by atoms with E-state index in [0.717, 1.165) is 17.3 Å². The highest BCUT2D eigenvalue weighted by Crippen LogP contribution is 2.26. The Hall–Kier alpha value is -3.07. The van der Waals surface area contributed by atoms with Gasteiger partial charge in [0.2, 0.25) is 11.8 Å². The molecule has 134 valence electrons. The molecule has 8 nitrogen and oxygen atoms in total. The van der Waals surface area contributed by atoms with E-state index in [-0.39, 0.29) is 17.6 Å². The van der Waals surface area contributed by atoms with Gasteiger partial charge in [0.25, 0.3) is 11.1 Å². The second-order valence-corrected chi connectivity index (χ2v) is 6.29. The molecule has 9 heteroatoms. The molecule has 2 N–H and O–H groups in total. The van der Waals surface area contributed by atoms with Crippen molar-refractivity contribution in [3.05, 3.63) is 42.4 Å². The lowest BCUT2D eigenvalue weighted by atomic mass is 10.3. The SMILES string of the molecule is CC(=O)Nc1ccc(NC(=O)CSc2nnc(-c3ccoc3C)o2)cc1. The van der Waals surface area contributed by atoms with E-state index in [2.05, 4.69) is 20.8 Å². The molecular weight excluding hydrogens is 356 g/mol. The third-order valence-electron chi connectivity index (χ3n) is 3.31. The summed E-state index contributed by atoms with van der Waals surface area (Å²) in [6, 6.07) is 8.58. The monoisotopic (exact) mass is 372 g/mol. The Labute approximate surface area is 153 Å². The van der Waals surface area contributed by atoms with Gasteiger partial charge in [-0.2, -0.15) is 0 Å². The van der Waals surface area contributed by atoms with E-state index < -0.39 is 0 Å². The number of nitrogens with one attached hydrogen (secondary N) is 2. The van der Waals surface area contributed by atoms with Crippen LogP contribution in [0.1, 0.15) is 12.7 Å². The van der Waals surface area contributed by atoms with Crippen LogP contribution in [0.15, 0.2) is 50.7 Å². The summed E-state index contributed by atoms with van der Waals surface area (Å²) in [5.41, 5.74) is 2.02. The first-order valence-corrected chi connectivity index (χ1v) is 8.68. The maximum Gasteiger partial charge on any atom is 0.277 e. The lowest BCUT2D eigenvalue weighted by molar-refractivity contribution is -0.114. The van der Waals surface area contributed by atoms with Gasteiger partial charge >= 0.3 is 0 Å². The maximum absolute atomic E-state index is 12.0. The quantitative estimate of drug-likeness (QED) is 0.639. The molecule has 3 rings (SSSR count). The van der Waals surface area contributed by atoms with Crippen LogP contribution in [0.2, 0.25) is 0 Å². The van der Waals surface area contributed by atoms with Crippen LogP contribution in [0, 0.1) is 6.92 Å². The van der Waals surface area contributed by atoms with Crippen molar-refractivity contribution in [3.63, 3.8) is 0 Å². The van der Waals surface area contributed by atoms with Gasteiger partial charge in [-0.3, -0.25) is 9.59 Å². The minimum atomic E-state index is -0.207. The number of rotatable bonds is 6. The Morgan fingerprint density at radius 3 is 2.38 bits per heavy atom. The van der Waals surface area contributed by atoms with Crippen LogP contribution < -0.4 is 10.6 Å². The number of carbonyl (C=O) groups is 2. The van der Waals surface area contributed by atoms with Gasteiger partial charge in [-0.25, -0.2) is 0 Å². The zero-order valence-corrected chi connectivity index (χ0v) is 14.9. The van der Waals surface area contributed by atoms with Crippen LogP contribution in [0.4, 0.5) is 11.4 Å². The zero-order chi connectivity index (χ0) is 18.5. The second-order valence-electron chi connectivity index (χ2n) is 5.36. The number of hydrogen-bond acceptors (Lipinski definition) is 7. The summed E-state index contributed by atoms with van der Waals surface area (Å²) in [6.45, 7) is 3.24. The number of thioether (sulfide) groups is 1. The number of aromatic nitrogens is 2. The first-order valence-electron chi connectivity index (χ1n) is 7.69. The number of anilines is 2. The number of nitrogens with zero attached hydrogens (tertiary/aromatic N) is 2. The summed E-state index contributed by atoms with van der Waals surface area (Å²) in [5, 5.41) is 13.6. The predicted octanol–water partition coefficient (Wildman–Crippen LogP) is 3.33. The lowest BCUT2D eigenvalue weighted by Gasteiger charge is -2.06. The topological polar surface area (TPSA) is 110 Å². The van der Waals surface area contributed by atoms with Crippen LogP contribution in [0.25, 0.3) is 11.5 Å². The molecule has 0 saturated carbocycles. The molecule has 3 aromatic rings. The van der Waals surface area contributed by atoms with Crippen LogP contribution in [0.3, 0.4) is 0 Å². The summed E-state index contributed by atoms with van der Waals surface area (Å²) in [6.07, 6.45) is 1.55. The van der Waals surface area contributed by atoms with E-state index in [1.807, 2.05) is 0 Å². The molecule has 0 unspecified atom stereocenters. The lowest BCUT2D eigenvalue weighted by Crippen LogP contribution is -2.14. The van der Waals surface area contributed by atoms with E-state index >= 15 is 0 Å². The normalized spacial score (nSPS) is 10.5. The number of furan rings is 1. The molecule has 0 aliphatic rings. The van der Waals surface area contributed by atoms with Gasteiger partial charge in [0.15, 0.2) is 0 Å². The molecule has 0 aliphatic carbocycles. The molecule has 2 heterocycles. The Balaban J connectivity index is 1.52. The van der Waals surface area contributed by atoms with Gasteiger partial charge in [0.1, 0.15) is 5.76 Å². The second kappa shape index (κ2) is 7.87. The average molecular weight is 372 g/mol. The molecule has 2 aromatic heterocycles. The first kappa shape index (κ1) is 17.7. The number of benzene rings is 1. The summed E-state index contributed by atoms with van der Waals surface area (Å²) < 4.78 is 10.7. The Bertz CT molecular complexity index is 917. The highest BCUT2D eigenvalue weighted by molar-refractivity contribution is 7.99. The van der Waals surface area contributed by atoms with E-state index in [1.165, 1.54) is 6.92 Å². The smallest absolute Gasteiger partial charge is 0.277 e. The van der Waals surface area contributed by atoms with Crippen molar-refractivity contribution in [1.82, 2.24) is 10.2 Å². The highest BCUT2D eigenvalue weighted by atomic mass is 32.2. The van der Waals surface area contributed by atoms with Gasteiger partial charge in [0, 0.05) is 18.3 Å². The Kier molecular flexibility index (Phi) is 5.37. The summed E-state index contributed by atoms with van der Waals surface area (Å²) >= 11 is 1.14. The fourth-order valence-corrected chi connectivity index (χ4v) is 2.71. The van der Waals surface area contributed by atoms with Crippen molar-refractivity contribution < 1.29 is 18.4 Å². The molecule has 0 bridgehead atoms. The van der Waals surface area contributed by atoms with Crippen LogP contribution in [-0.2, 0) is 9.59 Å². The number of carbonyl (C=O) groups excluding carboxylic acids is 2. The van der Waals surface area contributed by atoms with Gasteiger partial charge < -0.3 is 19.5 Å². The maximum atomic E-state index is 12.0.